The highest BCUT2D eigenvalue weighted by Crippen LogP contribution is 2.22. The third-order valence-corrected chi connectivity index (χ3v) is 8.46. The maximum Gasteiger partial charge on any atom is 0.325 e. The maximum atomic E-state index is 13.9. The van der Waals surface area contributed by atoms with Crippen molar-refractivity contribution in [2.75, 3.05) is 20.2 Å². The summed E-state index contributed by atoms with van der Waals surface area (Å²) >= 11 is 0. The molecule has 46 heavy (non-hydrogen) atoms. The number of esters is 1. The van der Waals surface area contributed by atoms with Gasteiger partial charge in [-0.25, -0.2) is 0 Å². The molecule has 14 nitrogen and oxygen atoms in total. The fourth-order valence-corrected chi connectivity index (χ4v) is 5.25. The molecule has 0 radical (unpaired) electrons. The number of amides is 5. The summed E-state index contributed by atoms with van der Waals surface area (Å²) in [6.45, 7) is 10.9. The molecular formula is C32H57N5O9. The van der Waals surface area contributed by atoms with Crippen LogP contribution in [0.25, 0.3) is 0 Å². The Morgan fingerprint density at radius 3 is 2.04 bits per heavy atom. The van der Waals surface area contributed by atoms with E-state index in [2.05, 4.69) is 28.2 Å². The zero-order chi connectivity index (χ0) is 35.1. The van der Waals surface area contributed by atoms with Crippen LogP contribution in [-0.2, 0) is 33.5 Å². The molecule has 8 atom stereocenters. The summed E-state index contributed by atoms with van der Waals surface area (Å²) in [5, 5.41) is 30.0. The van der Waals surface area contributed by atoms with Gasteiger partial charge in [-0.3, -0.25) is 28.8 Å². The van der Waals surface area contributed by atoms with E-state index >= 15 is 0 Å². The molecule has 0 aliphatic carbocycles. The van der Waals surface area contributed by atoms with Gasteiger partial charge in [-0.15, -0.1) is 0 Å². The summed E-state index contributed by atoms with van der Waals surface area (Å²) in [7, 11) is 1.50. The van der Waals surface area contributed by atoms with E-state index in [4.69, 9.17) is 4.74 Å². The number of hydrogen-bond donors (Lipinski definition) is 6. The van der Waals surface area contributed by atoms with Crippen LogP contribution in [0.3, 0.4) is 0 Å². The number of hydrogen-bond acceptors (Lipinski definition) is 9. The normalized spacial score (nSPS) is 27.8. The molecule has 264 valence electrons. The highest BCUT2D eigenvalue weighted by Gasteiger charge is 2.38. The van der Waals surface area contributed by atoms with Crippen molar-refractivity contribution < 1.29 is 43.7 Å². The molecule has 1 fully saturated rings. The number of cyclic esters (lactones) is 1. The molecule has 0 aromatic carbocycles. The van der Waals surface area contributed by atoms with Crippen molar-refractivity contribution in [3.8, 4) is 0 Å². The smallest absolute Gasteiger partial charge is 0.325 e. The van der Waals surface area contributed by atoms with Crippen LogP contribution >= 0.6 is 0 Å². The van der Waals surface area contributed by atoms with Crippen molar-refractivity contribution in [3.05, 3.63) is 0 Å². The Bertz CT molecular complexity index is 1040. The molecule has 0 saturated carbocycles. The molecule has 0 aromatic heterocycles. The van der Waals surface area contributed by atoms with Gasteiger partial charge in [0, 0.05) is 7.05 Å². The van der Waals surface area contributed by atoms with Crippen molar-refractivity contribution in [2.45, 2.75) is 130 Å². The lowest BCUT2D eigenvalue weighted by Crippen LogP contribution is -2.61. The van der Waals surface area contributed by atoms with Crippen LogP contribution in [0.5, 0.6) is 0 Å². The van der Waals surface area contributed by atoms with Gasteiger partial charge < -0.3 is 41.1 Å². The Morgan fingerprint density at radius 2 is 1.50 bits per heavy atom. The van der Waals surface area contributed by atoms with Crippen molar-refractivity contribution in [1.29, 1.82) is 0 Å². The molecule has 1 saturated heterocycles. The minimum Gasteiger partial charge on any atom is -0.460 e. The third kappa shape index (κ3) is 12.5. The zero-order valence-electron chi connectivity index (χ0n) is 28.8. The first-order chi connectivity index (χ1) is 21.6. The van der Waals surface area contributed by atoms with Crippen LogP contribution in [0.15, 0.2) is 0 Å². The number of aliphatic hydroxyl groups is 2. The summed E-state index contributed by atoms with van der Waals surface area (Å²) in [6, 6.07) is -5.15. The summed E-state index contributed by atoms with van der Waals surface area (Å²) in [4.78, 5) is 81.3. The molecule has 1 heterocycles. The van der Waals surface area contributed by atoms with Gasteiger partial charge in [0.05, 0.1) is 18.6 Å². The van der Waals surface area contributed by atoms with Gasteiger partial charge in [0.2, 0.25) is 29.5 Å². The summed E-state index contributed by atoms with van der Waals surface area (Å²) < 4.78 is 5.71. The molecule has 5 amide bonds. The average molecular weight is 656 g/mol. The molecule has 0 spiro atoms. The molecular weight excluding hydrogens is 598 g/mol. The minimum atomic E-state index is -1.53. The summed E-state index contributed by atoms with van der Waals surface area (Å²) in [6.07, 6.45) is 2.37. The number of unbranched alkanes of at least 4 members (excludes halogenated alkanes) is 3. The number of ether oxygens (including phenoxy) is 1. The lowest BCUT2D eigenvalue weighted by atomic mass is 9.94. The van der Waals surface area contributed by atoms with Crippen LogP contribution < -0.4 is 21.3 Å². The Hall–Kier alpha value is -3.26. The molecule has 14 heteroatoms. The van der Waals surface area contributed by atoms with Crippen molar-refractivity contribution in [3.63, 3.8) is 0 Å². The largest absolute Gasteiger partial charge is 0.460 e. The monoisotopic (exact) mass is 655 g/mol. The average Bonchev–Trinajstić information content (AvgIpc) is 3.01. The van der Waals surface area contributed by atoms with E-state index in [1.165, 1.54) is 18.9 Å². The lowest BCUT2D eigenvalue weighted by molar-refractivity contribution is -0.157. The van der Waals surface area contributed by atoms with Crippen LogP contribution in [-0.4, -0.2) is 107 Å². The van der Waals surface area contributed by atoms with E-state index in [-0.39, 0.29) is 12.3 Å². The first-order valence-corrected chi connectivity index (χ1v) is 16.5. The van der Waals surface area contributed by atoms with E-state index in [1.54, 1.807) is 13.8 Å². The molecule has 0 bridgehead atoms. The number of nitrogens with zero attached hydrogens (tertiary/aromatic N) is 1. The Labute approximate surface area is 273 Å². The van der Waals surface area contributed by atoms with E-state index < -0.39 is 96.9 Å². The molecule has 1 aliphatic heterocycles. The Balaban J connectivity index is 3.62. The minimum absolute atomic E-state index is 0.00519. The highest BCUT2D eigenvalue weighted by molar-refractivity contribution is 5.96. The number of carbonyl (C=O) groups excluding carboxylic acids is 6. The third-order valence-electron chi connectivity index (χ3n) is 8.46. The second kappa shape index (κ2) is 20.1. The summed E-state index contributed by atoms with van der Waals surface area (Å²) in [5.41, 5.74) is 0. The van der Waals surface area contributed by atoms with Crippen LogP contribution in [0.4, 0.5) is 0 Å². The van der Waals surface area contributed by atoms with Gasteiger partial charge in [0.25, 0.3) is 0 Å². The molecule has 0 aromatic rings. The van der Waals surface area contributed by atoms with Gasteiger partial charge >= 0.3 is 5.97 Å². The molecule has 6 N–H and O–H groups in total. The number of nitrogens with one attached hydrogen (secondary N) is 4. The van der Waals surface area contributed by atoms with Gasteiger partial charge in [0.1, 0.15) is 36.8 Å². The predicted octanol–water partition coefficient (Wildman–Crippen LogP) is 0.381. The molecule has 1 aliphatic rings. The van der Waals surface area contributed by atoms with E-state index in [9.17, 15) is 39.0 Å². The fourth-order valence-electron chi connectivity index (χ4n) is 5.25. The zero-order valence-corrected chi connectivity index (χ0v) is 28.8. The second-order valence-corrected chi connectivity index (χ2v) is 12.8. The Morgan fingerprint density at radius 1 is 0.870 bits per heavy atom. The van der Waals surface area contributed by atoms with Gasteiger partial charge in [-0.1, -0.05) is 67.2 Å². The van der Waals surface area contributed by atoms with E-state index in [0.717, 1.165) is 19.3 Å². The summed E-state index contributed by atoms with van der Waals surface area (Å²) in [5.74, 6) is -5.66. The number of carbonyl (C=O) groups is 6. The van der Waals surface area contributed by atoms with Crippen LogP contribution in [0, 0.1) is 17.8 Å². The van der Waals surface area contributed by atoms with Crippen LogP contribution in [0.2, 0.25) is 0 Å². The highest BCUT2D eigenvalue weighted by atomic mass is 16.5. The predicted molar refractivity (Wildman–Crippen MR) is 171 cm³/mol. The van der Waals surface area contributed by atoms with Crippen molar-refractivity contribution in [2.24, 2.45) is 17.8 Å². The number of likely N-dealkylation sites (N-methyl/N-ethyl adjacent to an activating group) is 1. The van der Waals surface area contributed by atoms with E-state index in [1.807, 2.05) is 20.8 Å². The first-order valence-electron chi connectivity index (χ1n) is 16.5. The first kappa shape index (κ1) is 40.8. The number of aliphatic hydroxyl groups excluding tert-OH is 2. The SMILES string of the molecule is CCCCCC[C@H]1OC(=O)CNC(=O)[C@@H]([C@H](C)O)NC(=O)[C@@H](CO)NC(=O)[C@H]([C@@H](C)CC)NC(=O)[C@H](CC(C)C)N(C)C(=O)[C@@H]1C. The van der Waals surface area contributed by atoms with Gasteiger partial charge in [-0.2, -0.15) is 0 Å². The number of rotatable bonds is 11. The van der Waals surface area contributed by atoms with Crippen molar-refractivity contribution in [1.82, 2.24) is 26.2 Å². The topological polar surface area (TPSA) is 203 Å². The molecule has 0 unspecified atom stereocenters. The van der Waals surface area contributed by atoms with Crippen molar-refractivity contribution >= 4 is 35.5 Å². The molecule has 1 rings (SSSR count). The second-order valence-electron chi connectivity index (χ2n) is 12.8. The van der Waals surface area contributed by atoms with Gasteiger partial charge in [0.15, 0.2) is 0 Å². The van der Waals surface area contributed by atoms with Crippen LogP contribution in [0.1, 0.15) is 93.4 Å². The lowest BCUT2D eigenvalue weighted by Gasteiger charge is -2.34. The fraction of sp³-hybridized carbons (Fsp3) is 0.812. The maximum absolute atomic E-state index is 13.9. The van der Waals surface area contributed by atoms with E-state index in [0.29, 0.717) is 19.3 Å². The Kier molecular flexibility index (Phi) is 17.8. The van der Waals surface area contributed by atoms with Gasteiger partial charge in [-0.05, 0) is 38.0 Å². The quantitative estimate of drug-likeness (QED) is 0.134. The standard InChI is InChI=1S/C32H57N5O9/c1-9-11-12-13-14-24-20(6)32(45)37(8)23(15-18(3)4)29(42)35-26(19(5)10-2)31(44)34-22(17-38)28(41)36-27(21(7)39)30(43)33-16-25(40)46-24/h18-24,26-27,38-39H,9-17H2,1-8H3,(H,33,43)(H,34,44)(H,35,42)(H,36,41)/t19-,20+,21-,22+,23-,24+,26-,27+/m0/s1.